The van der Waals surface area contributed by atoms with E-state index in [1.807, 2.05) is 49.4 Å². The maximum Gasteiger partial charge on any atom is 0.344 e. The molecule has 1 aliphatic rings. The van der Waals surface area contributed by atoms with Gasteiger partial charge >= 0.3 is 5.97 Å². The zero-order chi connectivity index (χ0) is 16.4. The number of cyclic esters (lactones) is 1. The Morgan fingerprint density at radius 3 is 2.26 bits per heavy atom. The lowest BCUT2D eigenvalue weighted by Gasteiger charge is -2.05. The zero-order valence-corrected chi connectivity index (χ0v) is 13.7. The van der Waals surface area contributed by atoms with E-state index >= 15 is 0 Å². The Bertz CT molecular complexity index is 796. The molecule has 0 bridgehead atoms. The van der Waals surface area contributed by atoms with Crippen LogP contribution in [0.25, 0.3) is 16.7 Å². The molecule has 3 rings (SSSR count). The van der Waals surface area contributed by atoms with E-state index in [0.717, 1.165) is 22.3 Å². The highest BCUT2D eigenvalue weighted by Crippen LogP contribution is 2.34. The third kappa shape index (κ3) is 3.11. The van der Waals surface area contributed by atoms with Crippen LogP contribution in [0.4, 0.5) is 0 Å². The summed E-state index contributed by atoms with van der Waals surface area (Å²) in [5.74, 6) is 0.757. The number of esters is 1. The summed E-state index contributed by atoms with van der Waals surface area (Å²) in [6, 6.07) is 18.2. The van der Waals surface area contributed by atoms with Gasteiger partial charge in [-0.3, -0.25) is 0 Å². The number of rotatable bonds is 3. The monoisotopic (exact) mass is 304 g/mol. The molecule has 0 atom stereocenters. The lowest BCUT2D eigenvalue weighted by atomic mass is 9.96. The fourth-order valence-electron chi connectivity index (χ4n) is 2.78. The first-order chi connectivity index (χ1) is 11.1. The van der Waals surface area contributed by atoms with Gasteiger partial charge in [0.1, 0.15) is 5.76 Å². The highest BCUT2D eigenvalue weighted by molar-refractivity contribution is 6.21. The second kappa shape index (κ2) is 6.25. The zero-order valence-electron chi connectivity index (χ0n) is 13.7. The van der Waals surface area contributed by atoms with E-state index < -0.39 is 0 Å². The number of hydrogen-bond donors (Lipinski definition) is 0. The lowest BCUT2D eigenvalue weighted by Crippen LogP contribution is -1.98. The summed E-state index contributed by atoms with van der Waals surface area (Å²) >= 11 is 0. The molecule has 116 valence electrons. The summed E-state index contributed by atoms with van der Waals surface area (Å²) in [5, 5.41) is 0. The van der Waals surface area contributed by atoms with Crippen LogP contribution in [0, 0.1) is 5.92 Å². The van der Waals surface area contributed by atoms with Gasteiger partial charge in [-0.2, -0.15) is 0 Å². The molecule has 23 heavy (non-hydrogen) atoms. The molecule has 0 radical (unpaired) electrons. The Balaban J connectivity index is 2.05. The van der Waals surface area contributed by atoms with E-state index in [4.69, 9.17) is 4.74 Å². The SMILES string of the molecule is CC1=C(c2cccc(-c3ccccc3)c2)C(=O)O/C1=C\C(C)C. The van der Waals surface area contributed by atoms with Gasteiger partial charge in [-0.1, -0.05) is 62.4 Å². The minimum Gasteiger partial charge on any atom is -0.423 e. The average Bonchev–Trinajstić information content (AvgIpc) is 2.82. The lowest BCUT2D eigenvalue weighted by molar-refractivity contribution is -0.131. The molecule has 0 N–H and O–H groups in total. The molecular formula is C21H20O2. The summed E-state index contributed by atoms with van der Waals surface area (Å²) in [6.45, 7) is 6.09. The minimum absolute atomic E-state index is 0.264. The molecule has 2 nitrogen and oxygen atoms in total. The van der Waals surface area contributed by atoms with Gasteiger partial charge in [-0.15, -0.1) is 0 Å². The summed E-state index contributed by atoms with van der Waals surface area (Å²) < 4.78 is 5.45. The van der Waals surface area contributed by atoms with Crippen molar-refractivity contribution in [2.24, 2.45) is 5.92 Å². The van der Waals surface area contributed by atoms with E-state index in [1.165, 1.54) is 0 Å². The number of allylic oxidation sites excluding steroid dienone is 2. The normalized spacial score (nSPS) is 16.3. The Labute approximate surface area is 137 Å². The molecule has 0 aliphatic carbocycles. The van der Waals surface area contributed by atoms with Crippen molar-refractivity contribution in [2.75, 3.05) is 0 Å². The number of ether oxygens (including phenoxy) is 1. The van der Waals surface area contributed by atoms with Gasteiger partial charge < -0.3 is 4.74 Å². The van der Waals surface area contributed by atoms with Gasteiger partial charge in [0, 0.05) is 5.57 Å². The van der Waals surface area contributed by atoms with Gasteiger partial charge in [0.25, 0.3) is 0 Å². The van der Waals surface area contributed by atoms with Gasteiger partial charge in [-0.05, 0) is 41.7 Å². The fraction of sp³-hybridized carbons (Fsp3) is 0.190. The summed E-state index contributed by atoms with van der Waals surface area (Å²) in [5.41, 5.74) is 4.71. The first kappa shape index (κ1) is 15.3. The van der Waals surface area contributed by atoms with Crippen LogP contribution in [0.1, 0.15) is 26.3 Å². The molecule has 1 heterocycles. The summed E-state index contributed by atoms with van der Waals surface area (Å²) in [7, 11) is 0. The molecule has 0 amide bonds. The predicted molar refractivity (Wildman–Crippen MR) is 93.5 cm³/mol. The second-order valence-corrected chi connectivity index (χ2v) is 6.11. The highest BCUT2D eigenvalue weighted by Gasteiger charge is 2.28. The van der Waals surface area contributed by atoms with Crippen molar-refractivity contribution in [2.45, 2.75) is 20.8 Å². The molecule has 0 spiro atoms. The number of carbonyl (C=O) groups is 1. The van der Waals surface area contributed by atoms with Crippen molar-refractivity contribution in [3.05, 3.63) is 77.6 Å². The van der Waals surface area contributed by atoms with Crippen LogP contribution in [-0.2, 0) is 9.53 Å². The van der Waals surface area contributed by atoms with Crippen molar-refractivity contribution in [3.8, 4) is 11.1 Å². The van der Waals surface area contributed by atoms with Crippen LogP contribution in [0.3, 0.4) is 0 Å². The Morgan fingerprint density at radius 1 is 0.913 bits per heavy atom. The van der Waals surface area contributed by atoms with Crippen LogP contribution in [-0.4, -0.2) is 5.97 Å². The molecule has 0 unspecified atom stereocenters. The van der Waals surface area contributed by atoms with Crippen molar-refractivity contribution in [1.82, 2.24) is 0 Å². The van der Waals surface area contributed by atoms with Crippen LogP contribution in [0.15, 0.2) is 72.0 Å². The number of hydrogen-bond acceptors (Lipinski definition) is 2. The topological polar surface area (TPSA) is 26.3 Å². The largest absolute Gasteiger partial charge is 0.423 e. The molecule has 1 aliphatic heterocycles. The summed E-state index contributed by atoms with van der Waals surface area (Å²) in [4.78, 5) is 12.3. The van der Waals surface area contributed by atoms with Gasteiger partial charge in [0.2, 0.25) is 0 Å². The first-order valence-electron chi connectivity index (χ1n) is 7.87. The highest BCUT2D eigenvalue weighted by atomic mass is 16.5. The maximum absolute atomic E-state index is 12.3. The molecule has 2 aromatic rings. The molecule has 0 saturated heterocycles. The fourth-order valence-corrected chi connectivity index (χ4v) is 2.78. The first-order valence-corrected chi connectivity index (χ1v) is 7.87. The van der Waals surface area contributed by atoms with Crippen molar-refractivity contribution in [3.63, 3.8) is 0 Å². The Hall–Kier alpha value is -2.61. The quantitative estimate of drug-likeness (QED) is 0.726. The van der Waals surface area contributed by atoms with Gasteiger partial charge in [0.15, 0.2) is 0 Å². The van der Waals surface area contributed by atoms with Crippen LogP contribution in [0.5, 0.6) is 0 Å². The Kier molecular flexibility index (Phi) is 4.16. The smallest absolute Gasteiger partial charge is 0.344 e. The van der Waals surface area contributed by atoms with E-state index in [9.17, 15) is 4.79 Å². The standard InChI is InChI=1S/C21H20O2/c1-14(2)12-19-15(3)20(21(22)23-19)18-11-7-10-17(13-18)16-8-5-4-6-9-16/h4-14H,1-3H3/b19-12-. The minimum atomic E-state index is -0.264. The third-order valence-electron chi connectivity index (χ3n) is 3.89. The maximum atomic E-state index is 12.3. The van der Waals surface area contributed by atoms with Crippen LogP contribution >= 0.6 is 0 Å². The average molecular weight is 304 g/mol. The van der Waals surface area contributed by atoms with Crippen molar-refractivity contribution in [1.29, 1.82) is 0 Å². The summed E-state index contributed by atoms with van der Waals surface area (Å²) in [6.07, 6.45) is 1.99. The molecule has 0 fully saturated rings. The van der Waals surface area contributed by atoms with E-state index in [2.05, 4.69) is 32.0 Å². The molecule has 0 aromatic heterocycles. The molecular weight excluding hydrogens is 284 g/mol. The second-order valence-electron chi connectivity index (χ2n) is 6.11. The van der Waals surface area contributed by atoms with E-state index in [-0.39, 0.29) is 5.97 Å². The molecule has 0 saturated carbocycles. The predicted octanol–water partition coefficient (Wildman–Crippen LogP) is 5.22. The number of benzene rings is 2. The third-order valence-corrected chi connectivity index (χ3v) is 3.89. The van der Waals surface area contributed by atoms with Crippen LogP contribution < -0.4 is 0 Å². The Morgan fingerprint density at radius 2 is 1.57 bits per heavy atom. The van der Waals surface area contributed by atoms with Crippen molar-refractivity contribution >= 4 is 11.5 Å². The van der Waals surface area contributed by atoms with Crippen LogP contribution in [0.2, 0.25) is 0 Å². The molecule has 2 heteroatoms. The van der Waals surface area contributed by atoms with Gasteiger partial charge in [-0.25, -0.2) is 4.79 Å². The number of carbonyl (C=O) groups excluding carboxylic acids is 1. The van der Waals surface area contributed by atoms with Gasteiger partial charge in [0.05, 0.1) is 5.57 Å². The van der Waals surface area contributed by atoms with Crippen molar-refractivity contribution < 1.29 is 9.53 Å². The van der Waals surface area contributed by atoms with E-state index in [0.29, 0.717) is 17.3 Å². The van der Waals surface area contributed by atoms with E-state index in [1.54, 1.807) is 0 Å². The molecule has 2 aromatic carbocycles.